The number of morpholine rings is 1. The Kier molecular flexibility index (Phi) is 5.59. The van der Waals surface area contributed by atoms with Gasteiger partial charge in [0.15, 0.2) is 5.65 Å². The normalized spacial score (nSPS) is 14.8. The maximum absolute atomic E-state index is 11.2. The molecule has 0 spiro atoms. The van der Waals surface area contributed by atoms with E-state index in [2.05, 4.69) is 46.9 Å². The van der Waals surface area contributed by atoms with E-state index in [9.17, 15) is 4.79 Å². The lowest BCUT2D eigenvalue weighted by atomic mass is 9.86. The van der Waals surface area contributed by atoms with Crippen LogP contribution in [0.3, 0.4) is 0 Å². The summed E-state index contributed by atoms with van der Waals surface area (Å²) in [6.45, 7) is 9.34. The number of primary amides is 1. The molecule has 10 nitrogen and oxygen atoms in total. The number of rotatable bonds is 4. The van der Waals surface area contributed by atoms with Crippen LogP contribution in [0.2, 0.25) is 0 Å². The zero-order valence-corrected chi connectivity index (χ0v) is 20.1. The first kappa shape index (κ1) is 21.9. The summed E-state index contributed by atoms with van der Waals surface area (Å²) >= 11 is 2.76. The van der Waals surface area contributed by atoms with Crippen molar-refractivity contribution in [2.75, 3.05) is 31.2 Å². The number of hydrogen-bond donors (Lipinski definition) is 1. The number of ether oxygens (including phenoxy) is 2. The molecule has 5 rings (SSSR count). The lowest BCUT2D eigenvalue weighted by Gasteiger charge is -2.27. The quantitative estimate of drug-likeness (QED) is 0.463. The smallest absolute Gasteiger partial charge is 0.381 e. The molecule has 1 aliphatic heterocycles. The molecule has 0 bridgehead atoms. The van der Waals surface area contributed by atoms with Gasteiger partial charge in [-0.2, -0.15) is 4.52 Å². The number of carbonyl (C=O) groups excluding carboxylic acids is 1. The molecule has 1 fully saturated rings. The van der Waals surface area contributed by atoms with Gasteiger partial charge in [0.25, 0.3) is 5.19 Å². The monoisotopic (exact) mass is 485 g/mol. The maximum atomic E-state index is 11.2. The average molecular weight is 486 g/mol. The highest BCUT2D eigenvalue weighted by molar-refractivity contribution is 7.99. The minimum atomic E-state index is -0.877. The van der Waals surface area contributed by atoms with Crippen molar-refractivity contribution in [3.05, 3.63) is 29.8 Å². The van der Waals surface area contributed by atoms with E-state index in [1.54, 1.807) is 4.52 Å². The van der Waals surface area contributed by atoms with Gasteiger partial charge in [0, 0.05) is 18.0 Å². The molecule has 1 saturated heterocycles. The molecule has 4 heterocycles. The van der Waals surface area contributed by atoms with E-state index < -0.39 is 6.09 Å². The fraction of sp³-hybridized carbons (Fsp3) is 0.381. The fourth-order valence-corrected chi connectivity index (χ4v) is 5.46. The molecule has 33 heavy (non-hydrogen) atoms. The predicted molar refractivity (Wildman–Crippen MR) is 126 cm³/mol. The van der Waals surface area contributed by atoms with Crippen LogP contribution in [0.15, 0.2) is 34.3 Å². The SMILES string of the molecule is CC(C)(C)c1cc(Sc2nnc3ccc(N4CCOCC4)nn23)cc2sc(OC(N)=O)nc12. The second-order valence-corrected chi connectivity index (χ2v) is 10.6. The van der Waals surface area contributed by atoms with Gasteiger partial charge in [0.05, 0.1) is 23.4 Å². The first-order chi connectivity index (χ1) is 15.8. The summed E-state index contributed by atoms with van der Waals surface area (Å²) in [7, 11) is 0. The first-order valence-corrected chi connectivity index (χ1v) is 12.1. The molecule has 0 saturated carbocycles. The second-order valence-electron chi connectivity index (χ2n) is 8.61. The Hall–Kier alpha value is -2.96. The summed E-state index contributed by atoms with van der Waals surface area (Å²) in [6.07, 6.45) is -0.877. The van der Waals surface area contributed by atoms with Gasteiger partial charge in [0.2, 0.25) is 5.16 Å². The average Bonchev–Trinajstić information content (AvgIpc) is 3.35. The molecule has 1 aliphatic rings. The third-order valence-electron chi connectivity index (χ3n) is 5.21. The van der Waals surface area contributed by atoms with Gasteiger partial charge in [-0.25, -0.2) is 9.78 Å². The van der Waals surface area contributed by atoms with Gasteiger partial charge < -0.3 is 20.1 Å². The number of thiazole rings is 1. The fourth-order valence-electron chi connectivity index (χ4n) is 3.63. The highest BCUT2D eigenvalue weighted by Crippen LogP contribution is 2.40. The van der Waals surface area contributed by atoms with Crippen molar-refractivity contribution in [1.82, 2.24) is 24.8 Å². The van der Waals surface area contributed by atoms with Crippen LogP contribution in [0.5, 0.6) is 5.19 Å². The van der Waals surface area contributed by atoms with Crippen LogP contribution in [0.25, 0.3) is 15.9 Å². The highest BCUT2D eigenvalue weighted by Gasteiger charge is 2.23. The summed E-state index contributed by atoms with van der Waals surface area (Å²) in [5.41, 5.74) is 7.51. The minimum Gasteiger partial charge on any atom is -0.381 e. The van der Waals surface area contributed by atoms with Crippen molar-refractivity contribution < 1.29 is 14.3 Å². The summed E-state index contributed by atoms with van der Waals surface area (Å²) in [4.78, 5) is 18.9. The number of amides is 1. The first-order valence-electron chi connectivity index (χ1n) is 10.4. The maximum Gasteiger partial charge on any atom is 0.411 e. The second kappa shape index (κ2) is 8.43. The van der Waals surface area contributed by atoms with E-state index in [4.69, 9.17) is 20.3 Å². The molecule has 0 radical (unpaired) electrons. The molecular formula is C21H23N7O3S2. The Balaban J connectivity index is 1.53. The zero-order valence-electron chi connectivity index (χ0n) is 18.4. The topological polar surface area (TPSA) is 121 Å². The number of benzene rings is 1. The van der Waals surface area contributed by atoms with E-state index in [0.717, 1.165) is 39.6 Å². The van der Waals surface area contributed by atoms with Gasteiger partial charge in [0.1, 0.15) is 5.82 Å². The van der Waals surface area contributed by atoms with E-state index in [1.807, 2.05) is 18.2 Å². The number of anilines is 1. The highest BCUT2D eigenvalue weighted by atomic mass is 32.2. The van der Waals surface area contributed by atoms with Crippen molar-refractivity contribution in [3.8, 4) is 5.19 Å². The number of hydrogen-bond acceptors (Lipinski definition) is 10. The molecule has 2 N–H and O–H groups in total. The Labute approximate surface area is 198 Å². The van der Waals surface area contributed by atoms with Crippen molar-refractivity contribution in [2.45, 2.75) is 36.2 Å². The lowest BCUT2D eigenvalue weighted by Crippen LogP contribution is -2.37. The number of carbonyl (C=O) groups is 1. The van der Waals surface area contributed by atoms with E-state index >= 15 is 0 Å². The molecule has 4 aromatic rings. The van der Waals surface area contributed by atoms with Crippen molar-refractivity contribution in [2.24, 2.45) is 5.73 Å². The van der Waals surface area contributed by atoms with Crippen LogP contribution in [0.4, 0.5) is 10.6 Å². The molecule has 3 aromatic heterocycles. The molecule has 0 unspecified atom stereocenters. The minimum absolute atomic E-state index is 0.179. The van der Waals surface area contributed by atoms with Crippen LogP contribution < -0.4 is 15.4 Å². The summed E-state index contributed by atoms with van der Waals surface area (Å²) in [5, 5.41) is 14.3. The number of nitrogens with two attached hydrogens (primary N) is 1. The Bertz CT molecular complexity index is 1340. The lowest BCUT2D eigenvalue weighted by molar-refractivity contribution is 0.122. The molecule has 12 heteroatoms. The van der Waals surface area contributed by atoms with Gasteiger partial charge >= 0.3 is 6.09 Å². The predicted octanol–water partition coefficient (Wildman–Crippen LogP) is 3.48. The van der Waals surface area contributed by atoms with Crippen molar-refractivity contribution in [1.29, 1.82) is 0 Å². The largest absolute Gasteiger partial charge is 0.411 e. The Morgan fingerprint density at radius 1 is 1.21 bits per heavy atom. The zero-order chi connectivity index (χ0) is 23.2. The molecule has 1 amide bonds. The van der Waals surface area contributed by atoms with Gasteiger partial charge in [-0.15, -0.1) is 15.3 Å². The van der Waals surface area contributed by atoms with Gasteiger partial charge in [-0.3, -0.25) is 0 Å². The van der Waals surface area contributed by atoms with E-state index in [1.165, 1.54) is 23.1 Å². The molecule has 172 valence electrons. The number of fused-ring (bicyclic) bond motifs is 2. The summed E-state index contributed by atoms with van der Waals surface area (Å²) in [5.74, 6) is 0.869. The van der Waals surface area contributed by atoms with Crippen LogP contribution in [0, 0.1) is 0 Å². The van der Waals surface area contributed by atoms with Crippen LogP contribution in [-0.4, -0.2) is 57.2 Å². The van der Waals surface area contributed by atoms with Crippen LogP contribution in [-0.2, 0) is 10.2 Å². The summed E-state index contributed by atoms with van der Waals surface area (Å²) in [6, 6.07) is 7.99. The van der Waals surface area contributed by atoms with Crippen LogP contribution >= 0.6 is 23.1 Å². The van der Waals surface area contributed by atoms with E-state index in [-0.39, 0.29) is 10.6 Å². The van der Waals surface area contributed by atoms with Crippen molar-refractivity contribution >= 4 is 50.9 Å². The third-order valence-corrected chi connectivity index (χ3v) is 7.00. The van der Waals surface area contributed by atoms with Gasteiger partial charge in [-0.05, 0) is 47.0 Å². The summed E-state index contributed by atoms with van der Waals surface area (Å²) < 4.78 is 13.1. The van der Waals surface area contributed by atoms with E-state index in [0.29, 0.717) is 24.0 Å². The Morgan fingerprint density at radius 3 is 2.73 bits per heavy atom. The van der Waals surface area contributed by atoms with Crippen molar-refractivity contribution in [3.63, 3.8) is 0 Å². The molecule has 0 aliphatic carbocycles. The third kappa shape index (κ3) is 4.45. The molecular weight excluding hydrogens is 462 g/mol. The molecule has 1 aromatic carbocycles. The standard InChI is InChI=1S/C21H23N7O3S2/c1-21(2,3)13-10-12(11-14-17(13)23-20(33-14)31-18(22)29)32-19-25-24-15-4-5-16(26-28(15)19)27-6-8-30-9-7-27/h4-5,10-11H,6-9H2,1-3H3,(H2,22,29). The molecule has 0 atom stereocenters. The number of nitrogens with zero attached hydrogens (tertiary/aromatic N) is 6. The van der Waals surface area contributed by atoms with Gasteiger partial charge in [-0.1, -0.05) is 32.1 Å². The van der Waals surface area contributed by atoms with Crippen LogP contribution in [0.1, 0.15) is 26.3 Å². The Morgan fingerprint density at radius 2 is 2.00 bits per heavy atom. The number of aromatic nitrogens is 5.